The van der Waals surface area contributed by atoms with Crippen LogP contribution in [-0.4, -0.2) is 34.4 Å². The van der Waals surface area contributed by atoms with E-state index < -0.39 is 11.6 Å². The van der Waals surface area contributed by atoms with Crippen LogP contribution in [0.25, 0.3) is 0 Å². The molecular weight excluding hydrogens is 170 g/mol. The first-order valence-electron chi connectivity index (χ1n) is 4.20. The fraction of sp³-hybridized carbons (Fsp3) is 0.667. The summed E-state index contributed by atoms with van der Waals surface area (Å²) in [7, 11) is 0. The van der Waals surface area contributed by atoms with Crippen LogP contribution in [0.3, 0.4) is 0 Å². The number of aliphatic hydroxyl groups is 1. The summed E-state index contributed by atoms with van der Waals surface area (Å²) in [4.78, 5) is 10.5. The summed E-state index contributed by atoms with van der Waals surface area (Å²) in [6, 6.07) is 0.128. The minimum atomic E-state index is -1.70. The van der Waals surface area contributed by atoms with Crippen molar-refractivity contribution in [2.45, 2.75) is 31.9 Å². The SMILES string of the molecule is C=CCC(C)NCC(C)(O)C(=O)O. The molecule has 2 unspecified atom stereocenters. The summed E-state index contributed by atoms with van der Waals surface area (Å²) in [5.41, 5.74) is -1.70. The van der Waals surface area contributed by atoms with Crippen LogP contribution < -0.4 is 5.32 Å². The van der Waals surface area contributed by atoms with Crippen LogP contribution in [0, 0.1) is 0 Å². The lowest BCUT2D eigenvalue weighted by molar-refractivity contribution is -0.156. The van der Waals surface area contributed by atoms with Crippen molar-refractivity contribution in [1.82, 2.24) is 5.32 Å². The Bertz CT molecular complexity index is 189. The molecule has 0 amide bonds. The first kappa shape index (κ1) is 12.1. The van der Waals surface area contributed by atoms with E-state index in [0.717, 1.165) is 6.42 Å². The van der Waals surface area contributed by atoms with Gasteiger partial charge in [-0.1, -0.05) is 6.08 Å². The van der Waals surface area contributed by atoms with Crippen LogP contribution in [0.1, 0.15) is 20.3 Å². The highest BCUT2D eigenvalue weighted by Gasteiger charge is 2.29. The lowest BCUT2D eigenvalue weighted by Gasteiger charge is -2.21. The van der Waals surface area contributed by atoms with Crippen molar-refractivity contribution < 1.29 is 15.0 Å². The second-order valence-electron chi connectivity index (χ2n) is 3.39. The van der Waals surface area contributed by atoms with Gasteiger partial charge in [-0.05, 0) is 20.3 Å². The summed E-state index contributed by atoms with van der Waals surface area (Å²) < 4.78 is 0. The van der Waals surface area contributed by atoms with Gasteiger partial charge in [-0.15, -0.1) is 6.58 Å². The van der Waals surface area contributed by atoms with Crippen LogP contribution in [0.5, 0.6) is 0 Å². The van der Waals surface area contributed by atoms with E-state index in [1.807, 2.05) is 6.92 Å². The Hall–Kier alpha value is -0.870. The van der Waals surface area contributed by atoms with Crippen LogP contribution in [0.15, 0.2) is 12.7 Å². The predicted molar refractivity (Wildman–Crippen MR) is 50.5 cm³/mol. The van der Waals surface area contributed by atoms with Gasteiger partial charge >= 0.3 is 5.97 Å². The van der Waals surface area contributed by atoms with Gasteiger partial charge in [0.25, 0.3) is 0 Å². The Morgan fingerprint density at radius 3 is 2.69 bits per heavy atom. The molecule has 3 N–H and O–H groups in total. The lowest BCUT2D eigenvalue weighted by Crippen LogP contribution is -2.47. The third kappa shape index (κ3) is 4.65. The first-order valence-corrected chi connectivity index (χ1v) is 4.20. The molecule has 0 aliphatic rings. The van der Waals surface area contributed by atoms with E-state index >= 15 is 0 Å². The molecule has 0 radical (unpaired) electrons. The number of carboxylic acid groups (broad SMARTS) is 1. The Morgan fingerprint density at radius 2 is 2.31 bits per heavy atom. The van der Waals surface area contributed by atoms with Gasteiger partial charge < -0.3 is 15.5 Å². The summed E-state index contributed by atoms with van der Waals surface area (Å²) in [5.74, 6) is -1.22. The Morgan fingerprint density at radius 1 is 1.77 bits per heavy atom. The maximum absolute atomic E-state index is 10.5. The van der Waals surface area contributed by atoms with Gasteiger partial charge in [0.15, 0.2) is 5.60 Å². The zero-order valence-corrected chi connectivity index (χ0v) is 8.08. The molecule has 0 heterocycles. The molecule has 13 heavy (non-hydrogen) atoms. The summed E-state index contributed by atoms with van der Waals surface area (Å²) in [6.45, 7) is 6.77. The molecule has 0 spiro atoms. The molecule has 0 aliphatic carbocycles. The molecule has 0 saturated carbocycles. The van der Waals surface area contributed by atoms with E-state index in [0.29, 0.717) is 0 Å². The van der Waals surface area contributed by atoms with Crippen molar-refractivity contribution in [3.8, 4) is 0 Å². The molecule has 0 fully saturated rings. The molecular formula is C9H17NO3. The zero-order chi connectivity index (χ0) is 10.5. The van der Waals surface area contributed by atoms with Crippen LogP contribution in [-0.2, 0) is 4.79 Å². The Kier molecular flexibility index (Phi) is 4.66. The van der Waals surface area contributed by atoms with Crippen LogP contribution in [0.2, 0.25) is 0 Å². The van der Waals surface area contributed by atoms with Crippen molar-refractivity contribution >= 4 is 5.97 Å². The topological polar surface area (TPSA) is 69.6 Å². The molecule has 4 nitrogen and oxygen atoms in total. The van der Waals surface area contributed by atoms with E-state index in [9.17, 15) is 9.90 Å². The van der Waals surface area contributed by atoms with Gasteiger partial charge in [0.1, 0.15) is 0 Å². The molecule has 0 rings (SSSR count). The molecule has 0 saturated heterocycles. The molecule has 4 heteroatoms. The van der Waals surface area contributed by atoms with E-state index in [1.165, 1.54) is 6.92 Å². The number of hydrogen-bond acceptors (Lipinski definition) is 3. The molecule has 0 aliphatic heterocycles. The van der Waals surface area contributed by atoms with Gasteiger partial charge in [0, 0.05) is 12.6 Å². The second kappa shape index (κ2) is 4.99. The highest BCUT2D eigenvalue weighted by Crippen LogP contribution is 2.02. The molecule has 0 bridgehead atoms. The van der Waals surface area contributed by atoms with Gasteiger partial charge in [-0.3, -0.25) is 0 Å². The van der Waals surface area contributed by atoms with E-state index in [2.05, 4.69) is 11.9 Å². The third-order valence-corrected chi connectivity index (χ3v) is 1.78. The fourth-order valence-corrected chi connectivity index (χ4v) is 0.782. The quantitative estimate of drug-likeness (QED) is 0.526. The number of aliphatic carboxylic acids is 1. The average molecular weight is 187 g/mol. The molecule has 2 atom stereocenters. The minimum Gasteiger partial charge on any atom is -0.479 e. The number of nitrogens with one attached hydrogen (secondary N) is 1. The number of rotatable bonds is 6. The number of carboxylic acids is 1. The highest BCUT2D eigenvalue weighted by atomic mass is 16.4. The first-order chi connectivity index (χ1) is 5.90. The predicted octanol–water partition coefficient (Wildman–Crippen LogP) is 0.376. The van der Waals surface area contributed by atoms with E-state index in [-0.39, 0.29) is 12.6 Å². The molecule has 0 aromatic heterocycles. The summed E-state index contributed by atoms with van der Waals surface area (Å²) in [6.07, 6.45) is 2.49. The molecule has 0 aromatic carbocycles. The standard InChI is InChI=1S/C9H17NO3/c1-4-5-7(2)10-6-9(3,13)8(11)12/h4,7,10,13H,1,5-6H2,2-3H3,(H,11,12). The minimum absolute atomic E-state index is 0.0390. The second-order valence-corrected chi connectivity index (χ2v) is 3.39. The summed E-state index contributed by atoms with van der Waals surface area (Å²) >= 11 is 0. The normalized spacial score (nSPS) is 17.5. The fourth-order valence-electron chi connectivity index (χ4n) is 0.782. The monoisotopic (exact) mass is 187 g/mol. The number of carbonyl (C=O) groups is 1. The van der Waals surface area contributed by atoms with Gasteiger partial charge in [-0.25, -0.2) is 4.79 Å². The molecule has 0 aromatic rings. The van der Waals surface area contributed by atoms with Crippen molar-refractivity contribution in [2.75, 3.05) is 6.54 Å². The Balaban J connectivity index is 3.87. The highest BCUT2D eigenvalue weighted by molar-refractivity contribution is 5.76. The van der Waals surface area contributed by atoms with Gasteiger partial charge in [0.05, 0.1) is 0 Å². The van der Waals surface area contributed by atoms with Crippen molar-refractivity contribution in [3.63, 3.8) is 0 Å². The van der Waals surface area contributed by atoms with Gasteiger partial charge in [0.2, 0.25) is 0 Å². The Labute approximate surface area is 78.3 Å². The smallest absolute Gasteiger partial charge is 0.336 e. The van der Waals surface area contributed by atoms with Gasteiger partial charge in [-0.2, -0.15) is 0 Å². The van der Waals surface area contributed by atoms with E-state index in [1.54, 1.807) is 6.08 Å². The number of hydrogen-bond donors (Lipinski definition) is 3. The maximum atomic E-state index is 10.5. The van der Waals surface area contributed by atoms with E-state index in [4.69, 9.17) is 5.11 Å². The maximum Gasteiger partial charge on any atom is 0.336 e. The van der Waals surface area contributed by atoms with Crippen LogP contribution in [0.4, 0.5) is 0 Å². The molecule has 76 valence electrons. The average Bonchev–Trinajstić information content (AvgIpc) is 2.01. The third-order valence-electron chi connectivity index (χ3n) is 1.78. The zero-order valence-electron chi connectivity index (χ0n) is 8.08. The summed E-state index contributed by atoms with van der Waals surface area (Å²) in [5, 5.41) is 20.8. The lowest BCUT2D eigenvalue weighted by atomic mass is 10.1. The van der Waals surface area contributed by atoms with Crippen molar-refractivity contribution in [2.24, 2.45) is 0 Å². The van der Waals surface area contributed by atoms with Crippen LogP contribution >= 0.6 is 0 Å². The largest absolute Gasteiger partial charge is 0.479 e. The van der Waals surface area contributed by atoms with Crippen molar-refractivity contribution in [3.05, 3.63) is 12.7 Å². The van der Waals surface area contributed by atoms with Crippen molar-refractivity contribution in [1.29, 1.82) is 0 Å².